The smallest absolute Gasteiger partial charge is 0.341 e. The number of rotatable bonds is 10. The number of furan rings is 1. The van der Waals surface area contributed by atoms with Crippen molar-refractivity contribution in [3.8, 4) is 0 Å². The van der Waals surface area contributed by atoms with Crippen LogP contribution in [0, 0.1) is 17.3 Å². The summed E-state index contributed by atoms with van der Waals surface area (Å²) in [6, 6.07) is 1.35. The molecule has 48 heavy (non-hydrogen) atoms. The highest BCUT2D eigenvalue weighted by Crippen LogP contribution is 2.69. The molecule has 266 valence electrons. The van der Waals surface area contributed by atoms with Crippen LogP contribution in [0.4, 0.5) is 0 Å². The Morgan fingerprint density at radius 3 is 2.00 bits per heavy atom. The molecule has 0 radical (unpaired) electrons. The molecule has 0 amide bonds. The van der Waals surface area contributed by atoms with Crippen LogP contribution in [0.5, 0.6) is 0 Å². The van der Waals surface area contributed by atoms with E-state index in [4.69, 9.17) is 37.6 Å². The lowest BCUT2D eigenvalue weighted by Crippen LogP contribution is -2.87. The Kier molecular flexibility index (Phi) is 10.1. The van der Waals surface area contributed by atoms with Gasteiger partial charge in [-0.3, -0.25) is 24.0 Å². The van der Waals surface area contributed by atoms with Crippen molar-refractivity contribution in [2.45, 2.75) is 122 Å². The molecule has 15 heteroatoms. The maximum Gasteiger partial charge on any atom is 0.341 e. The molecule has 2 aliphatic carbocycles. The second kappa shape index (κ2) is 13.1. The van der Waals surface area contributed by atoms with Crippen molar-refractivity contribution in [3.05, 3.63) is 24.2 Å². The third kappa shape index (κ3) is 5.95. The van der Waals surface area contributed by atoms with Gasteiger partial charge in [-0.05, 0) is 39.7 Å². The fraction of sp³-hybridized carbons (Fsp3) is 0.697. The molecule has 1 N–H and O–H groups in total. The van der Waals surface area contributed by atoms with Crippen LogP contribution in [0.25, 0.3) is 0 Å². The van der Waals surface area contributed by atoms with Gasteiger partial charge >= 0.3 is 35.8 Å². The highest BCUT2D eigenvalue weighted by molar-refractivity contribution is 5.89. The molecule has 10 atom stereocenters. The molecule has 1 saturated heterocycles. The average Bonchev–Trinajstić information content (AvgIpc) is 3.57. The minimum Gasteiger partial charge on any atom is -0.472 e. The predicted octanol–water partition coefficient (Wildman–Crippen LogP) is 2.44. The SMILES string of the molecule is CC[C@@H](C)C(=O)O[C@H]1[C@H](OC(C)=O)[C@H](OC(C)=O)[C@@]2(COC(C)=O)[C@@H](OC(=O)c3ccoc3)C[C@@H]3[C@@H](OC(C)=O)[C@]2(OC3(C)C)[C@]1(C)O. The molecular formula is C33H44O15. The lowest BCUT2D eigenvalue weighted by Gasteiger charge is -2.67. The van der Waals surface area contributed by atoms with E-state index >= 15 is 0 Å². The Balaban J connectivity index is 2.14. The largest absolute Gasteiger partial charge is 0.472 e. The number of esters is 6. The first-order valence-corrected chi connectivity index (χ1v) is 15.8. The molecule has 3 aliphatic rings. The quantitative estimate of drug-likeness (QED) is 0.279. The Bertz CT molecular complexity index is 1430. The van der Waals surface area contributed by atoms with Crippen LogP contribution in [0.1, 0.15) is 85.5 Å². The second-order valence-corrected chi connectivity index (χ2v) is 13.5. The number of hydrogen-bond acceptors (Lipinski definition) is 15. The first kappa shape index (κ1) is 36.8. The van der Waals surface area contributed by atoms with Gasteiger partial charge in [0.1, 0.15) is 36.1 Å². The first-order chi connectivity index (χ1) is 22.3. The van der Waals surface area contributed by atoms with E-state index in [2.05, 4.69) is 0 Å². The zero-order chi connectivity index (χ0) is 36.0. The standard InChI is InChI=1S/C33H44O15/c1-10-16(2)28(38)47-26-24(43-18(4)35)27(45-20(6)37)32(15-42-17(3)34)23(46-29(39)21-11-12-41-14-21)13-22-25(44-19(5)36)33(32,31(26,9)40)48-30(22,7)8/h11-12,14,16,22-27,40H,10,13,15H2,1-9H3/t16-,22-,23+,24+,25-,26+,27+,31-,32-,33+/m1/s1. The Hall–Kier alpha value is -3.98. The van der Waals surface area contributed by atoms with Gasteiger partial charge in [0.2, 0.25) is 0 Å². The van der Waals surface area contributed by atoms with Gasteiger partial charge in [-0.2, -0.15) is 0 Å². The molecule has 2 bridgehead atoms. The van der Waals surface area contributed by atoms with Crippen LogP contribution in [-0.2, 0) is 57.1 Å². The fourth-order valence-electron chi connectivity index (χ4n) is 7.72. The molecule has 0 unspecified atom stereocenters. The molecule has 15 nitrogen and oxygen atoms in total. The molecule has 1 spiro atoms. The number of carbonyl (C=O) groups excluding carboxylic acids is 6. The van der Waals surface area contributed by atoms with Crippen LogP contribution in [0.3, 0.4) is 0 Å². The summed E-state index contributed by atoms with van der Waals surface area (Å²) in [5.41, 5.74) is -8.28. The normalized spacial score (nSPS) is 35.3. The Morgan fingerprint density at radius 2 is 1.48 bits per heavy atom. The molecule has 4 rings (SSSR count). The second-order valence-electron chi connectivity index (χ2n) is 13.5. The summed E-state index contributed by atoms with van der Waals surface area (Å²) in [6.45, 7) is 11.5. The predicted molar refractivity (Wildman–Crippen MR) is 160 cm³/mol. The minimum atomic E-state index is -2.50. The van der Waals surface area contributed by atoms with E-state index < -0.39 is 107 Å². The average molecular weight is 681 g/mol. The zero-order valence-corrected chi connectivity index (χ0v) is 28.6. The van der Waals surface area contributed by atoms with Gasteiger partial charge in [0.15, 0.2) is 23.9 Å². The van der Waals surface area contributed by atoms with Gasteiger partial charge in [-0.1, -0.05) is 13.8 Å². The van der Waals surface area contributed by atoms with Crippen molar-refractivity contribution in [2.75, 3.05) is 6.61 Å². The minimum absolute atomic E-state index is 0.00447. The molecule has 2 saturated carbocycles. The van der Waals surface area contributed by atoms with Crippen LogP contribution in [0.15, 0.2) is 23.0 Å². The number of aliphatic hydroxyl groups is 1. The van der Waals surface area contributed by atoms with E-state index in [1.165, 1.54) is 19.3 Å². The van der Waals surface area contributed by atoms with Gasteiger partial charge in [-0.25, -0.2) is 4.79 Å². The molecule has 1 aromatic heterocycles. The molecule has 1 aliphatic heterocycles. The monoisotopic (exact) mass is 680 g/mol. The first-order valence-electron chi connectivity index (χ1n) is 15.8. The van der Waals surface area contributed by atoms with Crippen LogP contribution < -0.4 is 0 Å². The van der Waals surface area contributed by atoms with E-state index in [0.29, 0.717) is 6.42 Å². The van der Waals surface area contributed by atoms with Crippen molar-refractivity contribution >= 4 is 35.8 Å². The zero-order valence-electron chi connectivity index (χ0n) is 28.6. The van der Waals surface area contributed by atoms with Gasteiger partial charge in [0.25, 0.3) is 0 Å². The summed E-state index contributed by atoms with van der Waals surface area (Å²) < 4.78 is 47.2. The topological polar surface area (TPSA) is 200 Å². The van der Waals surface area contributed by atoms with E-state index in [1.807, 2.05) is 0 Å². The van der Waals surface area contributed by atoms with Crippen LogP contribution in [0.2, 0.25) is 0 Å². The lowest BCUT2D eigenvalue weighted by atomic mass is 9.45. The number of ether oxygens (including phenoxy) is 7. The highest BCUT2D eigenvalue weighted by Gasteiger charge is 2.89. The summed E-state index contributed by atoms with van der Waals surface area (Å²) >= 11 is 0. The van der Waals surface area contributed by atoms with Crippen LogP contribution in [-0.4, -0.2) is 94.9 Å². The van der Waals surface area contributed by atoms with Crippen molar-refractivity contribution in [1.29, 1.82) is 0 Å². The lowest BCUT2D eigenvalue weighted by molar-refractivity contribution is -0.379. The van der Waals surface area contributed by atoms with E-state index in [-0.39, 0.29) is 12.0 Å². The van der Waals surface area contributed by atoms with E-state index in [0.717, 1.165) is 34.0 Å². The fourth-order valence-corrected chi connectivity index (χ4v) is 7.72. The van der Waals surface area contributed by atoms with E-state index in [9.17, 15) is 33.9 Å². The van der Waals surface area contributed by atoms with Crippen LogP contribution >= 0.6 is 0 Å². The molecular weight excluding hydrogens is 636 g/mol. The van der Waals surface area contributed by atoms with Gasteiger partial charge < -0.3 is 42.7 Å². The molecule has 1 aromatic rings. The Morgan fingerprint density at radius 1 is 0.875 bits per heavy atom. The van der Waals surface area contributed by atoms with Crippen molar-refractivity contribution in [1.82, 2.24) is 0 Å². The summed E-state index contributed by atoms with van der Waals surface area (Å²) in [6.07, 6.45) is -5.67. The van der Waals surface area contributed by atoms with E-state index in [1.54, 1.807) is 27.7 Å². The van der Waals surface area contributed by atoms with Gasteiger partial charge in [0.05, 0.1) is 23.3 Å². The molecule has 2 heterocycles. The molecule has 3 fully saturated rings. The summed E-state index contributed by atoms with van der Waals surface area (Å²) in [7, 11) is 0. The van der Waals surface area contributed by atoms with Gasteiger partial charge in [-0.15, -0.1) is 0 Å². The van der Waals surface area contributed by atoms with Crippen molar-refractivity contribution < 1.29 is 71.4 Å². The maximum absolute atomic E-state index is 13.6. The number of carbonyl (C=O) groups is 6. The highest BCUT2D eigenvalue weighted by atomic mass is 16.7. The number of hydrogen-bond donors (Lipinski definition) is 1. The summed E-state index contributed by atoms with van der Waals surface area (Å²) in [4.78, 5) is 78.0. The van der Waals surface area contributed by atoms with Crippen molar-refractivity contribution in [3.63, 3.8) is 0 Å². The summed E-state index contributed by atoms with van der Waals surface area (Å²) in [5, 5.41) is 13.0. The third-order valence-corrected chi connectivity index (χ3v) is 9.89. The maximum atomic E-state index is 13.6. The van der Waals surface area contributed by atoms with Crippen molar-refractivity contribution in [2.24, 2.45) is 17.3 Å². The molecule has 0 aromatic carbocycles. The number of fused-ring (bicyclic) bond motifs is 1. The summed E-state index contributed by atoms with van der Waals surface area (Å²) in [5.74, 6) is -6.63. The Labute approximate surface area is 277 Å². The van der Waals surface area contributed by atoms with Gasteiger partial charge in [0, 0.05) is 33.6 Å². The third-order valence-electron chi connectivity index (χ3n) is 9.89.